The van der Waals surface area contributed by atoms with Crippen molar-refractivity contribution in [2.24, 2.45) is 11.7 Å². The fourth-order valence-corrected chi connectivity index (χ4v) is 1.91. The Kier molecular flexibility index (Phi) is 7.39. The lowest BCUT2D eigenvalue weighted by atomic mass is 10.1. The van der Waals surface area contributed by atoms with Gasteiger partial charge in [0.2, 0.25) is 11.8 Å². The molecule has 0 aliphatic rings. The van der Waals surface area contributed by atoms with Gasteiger partial charge < -0.3 is 21.1 Å². The van der Waals surface area contributed by atoms with Gasteiger partial charge in [-0.3, -0.25) is 9.59 Å². The summed E-state index contributed by atoms with van der Waals surface area (Å²) in [5.41, 5.74) is 6.49. The van der Waals surface area contributed by atoms with Gasteiger partial charge in [-0.05, 0) is 31.0 Å². The number of hydrogen-bond donors (Lipinski definition) is 3. The molecule has 0 saturated carbocycles. The Morgan fingerprint density at radius 1 is 1.18 bits per heavy atom. The molecule has 0 fully saturated rings. The Morgan fingerprint density at radius 3 is 2.45 bits per heavy atom. The molecule has 0 unspecified atom stereocenters. The Balaban J connectivity index is 2.86. The maximum absolute atomic E-state index is 11.9. The first-order chi connectivity index (χ1) is 10.5. The van der Waals surface area contributed by atoms with Gasteiger partial charge in [0.1, 0.15) is 5.75 Å². The van der Waals surface area contributed by atoms with Gasteiger partial charge in [0.25, 0.3) is 0 Å². The highest BCUT2D eigenvalue weighted by atomic mass is 16.5. The number of nitrogens with one attached hydrogen (secondary N) is 2. The van der Waals surface area contributed by atoms with Crippen LogP contribution in [-0.2, 0) is 9.59 Å². The summed E-state index contributed by atoms with van der Waals surface area (Å²) in [6, 6.07) is 5.14. The molecule has 6 heteroatoms. The molecule has 4 N–H and O–H groups in total. The highest BCUT2D eigenvalue weighted by Gasteiger charge is 2.12. The molecule has 6 nitrogen and oxygen atoms in total. The van der Waals surface area contributed by atoms with Crippen LogP contribution in [0.25, 0.3) is 0 Å². The normalized spacial score (nSPS) is 10.4. The van der Waals surface area contributed by atoms with Crippen molar-refractivity contribution in [1.82, 2.24) is 0 Å². The molecule has 122 valence electrons. The van der Waals surface area contributed by atoms with Gasteiger partial charge in [0.05, 0.1) is 18.5 Å². The van der Waals surface area contributed by atoms with Crippen LogP contribution in [0, 0.1) is 5.92 Å². The summed E-state index contributed by atoms with van der Waals surface area (Å²) in [5.74, 6) is 0.646. The van der Waals surface area contributed by atoms with Crippen LogP contribution in [0.3, 0.4) is 0 Å². The molecule has 0 bridgehead atoms. The van der Waals surface area contributed by atoms with E-state index in [0.717, 1.165) is 0 Å². The highest BCUT2D eigenvalue weighted by molar-refractivity contribution is 5.99. The van der Waals surface area contributed by atoms with E-state index in [2.05, 4.69) is 10.6 Å². The van der Waals surface area contributed by atoms with Crippen LogP contribution in [0.1, 0.15) is 33.1 Å². The fourth-order valence-electron chi connectivity index (χ4n) is 1.91. The van der Waals surface area contributed by atoms with Crippen LogP contribution in [0.2, 0.25) is 0 Å². The molecule has 0 radical (unpaired) electrons. The summed E-state index contributed by atoms with van der Waals surface area (Å²) in [6.45, 7) is 4.41. The van der Waals surface area contributed by atoms with E-state index < -0.39 is 0 Å². The molecule has 0 saturated heterocycles. The van der Waals surface area contributed by atoms with E-state index >= 15 is 0 Å². The number of methoxy groups -OCH3 is 1. The van der Waals surface area contributed by atoms with Gasteiger partial charge in [-0.1, -0.05) is 13.8 Å². The largest absolute Gasteiger partial charge is 0.497 e. The van der Waals surface area contributed by atoms with Crippen LogP contribution >= 0.6 is 0 Å². The standard InChI is InChI=1S/C16H25N3O3/c1-11(2)9-16(21)18-13-7-6-12(22-3)10-14(13)19-15(20)5-4-8-17/h6-7,10-11H,4-5,8-9,17H2,1-3H3,(H,18,21)(H,19,20). The zero-order valence-corrected chi connectivity index (χ0v) is 13.4. The second kappa shape index (κ2) is 9.04. The minimum atomic E-state index is -0.141. The molecule has 0 aliphatic heterocycles. The maximum atomic E-state index is 11.9. The van der Waals surface area contributed by atoms with Gasteiger partial charge in [-0.2, -0.15) is 0 Å². The molecule has 0 aromatic heterocycles. The first kappa shape index (κ1) is 18.0. The topological polar surface area (TPSA) is 93.5 Å². The van der Waals surface area contributed by atoms with E-state index in [4.69, 9.17) is 10.5 Å². The number of carbonyl (C=O) groups excluding carboxylic acids is 2. The zero-order valence-electron chi connectivity index (χ0n) is 13.4. The van der Waals surface area contributed by atoms with Gasteiger partial charge in [0.15, 0.2) is 0 Å². The van der Waals surface area contributed by atoms with E-state index in [1.807, 2.05) is 13.8 Å². The van der Waals surface area contributed by atoms with E-state index in [-0.39, 0.29) is 17.7 Å². The van der Waals surface area contributed by atoms with Crippen LogP contribution in [-0.4, -0.2) is 25.5 Å². The van der Waals surface area contributed by atoms with Crippen molar-refractivity contribution in [3.05, 3.63) is 18.2 Å². The molecular weight excluding hydrogens is 282 g/mol. The average Bonchev–Trinajstić information content (AvgIpc) is 2.46. The third-order valence-electron chi connectivity index (χ3n) is 2.98. The number of carbonyl (C=O) groups is 2. The van der Waals surface area contributed by atoms with E-state index in [9.17, 15) is 9.59 Å². The fraction of sp³-hybridized carbons (Fsp3) is 0.500. The van der Waals surface area contributed by atoms with Crippen molar-refractivity contribution in [3.8, 4) is 5.75 Å². The number of anilines is 2. The zero-order chi connectivity index (χ0) is 16.5. The number of benzene rings is 1. The first-order valence-corrected chi connectivity index (χ1v) is 7.44. The molecule has 0 heterocycles. The first-order valence-electron chi connectivity index (χ1n) is 7.44. The van der Waals surface area contributed by atoms with Crippen LogP contribution in [0.4, 0.5) is 11.4 Å². The molecule has 0 atom stereocenters. The Hall–Kier alpha value is -2.08. The van der Waals surface area contributed by atoms with Crippen molar-refractivity contribution in [3.63, 3.8) is 0 Å². The monoisotopic (exact) mass is 307 g/mol. The molecule has 1 rings (SSSR count). The summed E-state index contributed by atoms with van der Waals surface area (Å²) in [5, 5.41) is 5.61. The number of ether oxygens (including phenoxy) is 1. The van der Waals surface area contributed by atoms with Crippen LogP contribution in [0.5, 0.6) is 5.75 Å². The molecule has 1 aromatic carbocycles. The van der Waals surface area contributed by atoms with Gasteiger partial charge in [-0.15, -0.1) is 0 Å². The lowest BCUT2D eigenvalue weighted by Gasteiger charge is -2.14. The summed E-state index contributed by atoms with van der Waals surface area (Å²) in [7, 11) is 1.55. The summed E-state index contributed by atoms with van der Waals surface area (Å²) in [6.07, 6.45) is 1.38. The van der Waals surface area contributed by atoms with Crippen molar-refractivity contribution in [2.75, 3.05) is 24.3 Å². The summed E-state index contributed by atoms with van der Waals surface area (Å²) in [4.78, 5) is 23.8. The maximum Gasteiger partial charge on any atom is 0.224 e. The average molecular weight is 307 g/mol. The molecule has 0 aliphatic carbocycles. The number of nitrogens with two attached hydrogens (primary N) is 1. The lowest BCUT2D eigenvalue weighted by molar-refractivity contribution is -0.117. The Morgan fingerprint density at radius 2 is 1.86 bits per heavy atom. The number of rotatable bonds is 8. The minimum Gasteiger partial charge on any atom is -0.497 e. The Bertz CT molecular complexity index is 515. The molecule has 2 amide bonds. The van der Waals surface area contributed by atoms with Crippen molar-refractivity contribution in [1.29, 1.82) is 0 Å². The predicted octanol–water partition coefficient (Wildman–Crippen LogP) is 2.36. The number of hydrogen-bond acceptors (Lipinski definition) is 4. The van der Waals surface area contributed by atoms with Gasteiger partial charge in [-0.25, -0.2) is 0 Å². The van der Waals surface area contributed by atoms with Crippen molar-refractivity contribution < 1.29 is 14.3 Å². The second-order valence-electron chi connectivity index (χ2n) is 5.50. The van der Waals surface area contributed by atoms with Gasteiger partial charge >= 0.3 is 0 Å². The summed E-state index contributed by atoms with van der Waals surface area (Å²) < 4.78 is 5.16. The SMILES string of the molecule is COc1ccc(NC(=O)CC(C)C)c(NC(=O)CCCN)c1. The number of amides is 2. The molecular formula is C16H25N3O3. The van der Waals surface area contributed by atoms with Crippen LogP contribution < -0.4 is 21.1 Å². The third-order valence-corrected chi connectivity index (χ3v) is 2.98. The Labute approximate surface area is 131 Å². The van der Waals surface area contributed by atoms with E-state index in [1.165, 1.54) is 0 Å². The molecule has 0 spiro atoms. The quantitative estimate of drug-likeness (QED) is 0.687. The molecule has 22 heavy (non-hydrogen) atoms. The summed E-state index contributed by atoms with van der Waals surface area (Å²) >= 11 is 0. The van der Waals surface area contributed by atoms with Crippen molar-refractivity contribution in [2.45, 2.75) is 33.1 Å². The third kappa shape index (κ3) is 6.13. The van der Waals surface area contributed by atoms with Gasteiger partial charge in [0, 0.05) is 18.9 Å². The van der Waals surface area contributed by atoms with E-state index in [1.54, 1.807) is 25.3 Å². The van der Waals surface area contributed by atoms with E-state index in [0.29, 0.717) is 42.9 Å². The molecule has 1 aromatic rings. The highest BCUT2D eigenvalue weighted by Crippen LogP contribution is 2.27. The van der Waals surface area contributed by atoms with Crippen molar-refractivity contribution >= 4 is 23.2 Å². The second-order valence-corrected chi connectivity index (χ2v) is 5.50. The minimum absolute atomic E-state index is 0.0855. The lowest BCUT2D eigenvalue weighted by Crippen LogP contribution is -2.18. The van der Waals surface area contributed by atoms with Crippen LogP contribution in [0.15, 0.2) is 18.2 Å². The predicted molar refractivity (Wildman–Crippen MR) is 88.0 cm³/mol. The smallest absolute Gasteiger partial charge is 0.224 e.